The topological polar surface area (TPSA) is 43.4 Å². The highest BCUT2D eigenvalue weighted by Crippen LogP contribution is 2.06. The van der Waals surface area contributed by atoms with Crippen molar-refractivity contribution in [3.63, 3.8) is 0 Å². The number of methoxy groups -OCH3 is 1. The molecule has 15 heavy (non-hydrogen) atoms. The fourth-order valence-electron chi connectivity index (χ4n) is 1.13. The van der Waals surface area contributed by atoms with Crippen LogP contribution in [0.2, 0.25) is 0 Å². The third-order valence-corrected chi connectivity index (χ3v) is 1.73. The maximum absolute atomic E-state index is 10.8. The largest absolute Gasteiger partial charge is 0.459 e. The van der Waals surface area contributed by atoms with Gasteiger partial charge in [-0.15, -0.1) is 0 Å². The van der Waals surface area contributed by atoms with Gasteiger partial charge in [0.25, 0.3) is 0 Å². The molecular weight excluding hydrogens is 192 g/mol. The quantitative estimate of drug-likeness (QED) is 0.392. The first-order chi connectivity index (χ1) is 7.15. The predicted octanol–water partition coefficient (Wildman–Crippen LogP) is 1.33. The first kappa shape index (κ1) is 11.0. The average molecular weight is 202 g/mol. The number of benzene rings is 1. The van der Waals surface area contributed by atoms with Crippen LogP contribution in [-0.4, -0.2) is 19.4 Å². The molecule has 1 aromatic rings. The van der Waals surface area contributed by atoms with Crippen LogP contribution in [0.5, 0.6) is 0 Å². The van der Waals surface area contributed by atoms with Gasteiger partial charge in [0.2, 0.25) is 0 Å². The summed E-state index contributed by atoms with van der Waals surface area (Å²) >= 11 is 0. The molecule has 0 aromatic heterocycles. The lowest BCUT2D eigenvalue weighted by Crippen LogP contribution is -1.94. The van der Waals surface area contributed by atoms with Crippen LogP contribution in [-0.2, 0) is 9.53 Å². The van der Waals surface area contributed by atoms with Gasteiger partial charge in [0.15, 0.2) is 0 Å². The maximum Gasteiger partial charge on any atom is 0.384 e. The normalized spacial score (nSPS) is 8.67. The lowest BCUT2D eigenvalue weighted by Gasteiger charge is -1.96. The molecule has 0 atom stereocenters. The SMILES string of the molecule is COC(=O)C#Cc1cc(C)cc(C=O)c1. The summed E-state index contributed by atoms with van der Waals surface area (Å²) in [5, 5.41) is 0. The molecular formula is C12H10O3. The van der Waals surface area contributed by atoms with Crippen molar-refractivity contribution >= 4 is 12.3 Å². The number of hydrogen-bond acceptors (Lipinski definition) is 3. The molecule has 0 fully saturated rings. The van der Waals surface area contributed by atoms with Crippen molar-refractivity contribution in [3.05, 3.63) is 34.9 Å². The molecule has 0 aliphatic rings. The van der Waals surface area contributed by atoms with Crippen molar-refractivity contribution in [1.82, 2.24) is 0 Å². The van der Waals surface area contributed by atoms with Crippen LogP contribution in [0, 0.1) is 18.8 Å². The molecule has 0 saturated heterocycles. The highest BCUT2D eigenvalue weighted by atomic mass is 16.5. The van der Waals surface area contributed by atoms with Crippen molar-refractivity contribution in [3.8, 4) is 11.8 Å². The Morgan fingerprint density at radius 1 is 1.40 bits per heavy atom. The van der Waals surface area contributed by atoms with E-state index in [9.17, 15) is 9.59 Å². The number of aldehydes is 1. The number of carbonyl (C=O) groups is 2. The lowest BCUT2D eigenvalue weighted by atomic mass is 10.1. The van der Waals surface area contributed by atoms with Crippen molar-refractivity contribution < 1.29 is 14.3 Å². The van der Waals surface area contributed by atoms with Gasteiger partial charge < -0.3 is 4.74 Å². The number of esters is 1. The van der Waals surface area contributed by atoms with E-state index in [0.29, 0.717) is 11.1 Å². The Kier molecular flexibility index (Phi) is 3.64. The molecule has 76 valence electrons. The summed E-state index contributed by atoms with van der Waals surface area (Å²) in [7, 11) is 1.27. The molecule has 0 aliphatic heterocycles. The second-order valence-electron chi connectivity index (χ2n) is 2.99. The Labute approximate surface area is 88.1 Å². The van der Waals surface area contributed by atoms with Gasteiger partial charge in [0.05, 0.1) is 7.11 Å². The second-order valence-corrected chi connectivity index (χ2v) is 2.99. The third kappa shape index (κ3) is 3.28. The van der Waals surface area contributed by atoms with Gasteiger partial charge in [-0.2, -0.15) is 0 Å². The van der Waals surface area contributed by atoms with Gasteiger partial charge in [0.1, 0.15) is 6.29 Å². The Balaban J connectivity index is 3.03. The van der Waals surface area contributed by atoms with E-state index >= 15 is 0 Å². The minimum Gasteiger partial charge on any atom is -0.459 e. The zero-order valence-corrected chi connectivity index (χ0v) is 8.53. The molecule has 0 N–H and O–H groups in total. The highest BCUT2D eigenvalue weighted by Gasteiger charge is 1.96. The van der Waals surface area contributed by atoms with E-state index in [4.69, 9.17) is 0 Å². The Morgan fingerprint density at radius 3 is 2.73 bits per heavy atom. The molecule has 0 radical (unpaired) electrons. The summed E-state index contributed by atoms with van der Waals surface area (Å²) in [4.78, 5) is 21.3. The van der Waals surface area contributed by atoms with E-state index in [1.807, 2.05) is 6.92 Å². The van der Waals surface area contributed by atoms with Crippen molar-refractivity contribution in [2.75, 3.05) is 7.11 Å². The minimum atomic E-state index is -0.593. The molecule has 0 amide bonds. The van der Waals surface area contributed by atoms with Crippen LogP contribution in [0.25, 0.3) is 0 Å². The fourth-order valence-corrected chi connectivity index (χ4v) is 1.13. The molecule has 0 bridgehead atoms. The summed E-state index contributed by atoms with van der Waals surface area (Å²) in [6.45, 7) is 1.86. The number of hydrogen-bond donors (Lipinski definition) is 0. The smallest absolute Gasteiger partial charge is 0.384 e. The van der Waals surface area contributed by atoms with Gasteiger partial charge in [-0.3, -0.25) is 4.79 Å². The lowest BCUT2D eigenvalue weighted by molar-refractivity contribution is -0.133. The maximum atomic E-state index is 10.8. The standard InChI is InChI=1S/C12H10O3/c1-9-5-10(3-4-12(14)15-2)7-11(6-9)8-13/h5-8H,1-2H3. The molecule has 3 nitrogen and oxygen atoms in total. The van der Waals surface area contributed by atoms with Gasteiger partial charge in [-0.05, 0) is 30.7 Å². The fraction of sp³-hybridized carbons (Fsp3) is 0.167. The van der Waals surface area contributed by atoms with Gasteiger partial charge in [-0.1, -0.05) is 5.92 Å². The molecule has 0 unspecified atom stereocenters. The molecule has 0 spiro atoms. The minimum absolute atomic E-state index is 0.546. The second kappa shape index (κ2) is 4.97. The van der Waals surface area contributed by atoms with Gasteiger partial charge >= 0.3 is 5.97 Å². The molecule has 0 saturated carbocycles. The first-order valence-corrected chi connectivity index (χ1v) is 4.32. The monoisotopic (exact) mass is 202 g/mol. The van der Waals surface area contributed by atoms with Crippen molar-refractivity contribution in [2.45, 2.75) is 6.92 Å². The van der Waals surface area contributed by atoms with Crippen molar-refractivity contribution in [2.24, 2.45) is 0 Å². The molecule has 0 heterocycles. The van der Waals surface area contributed by atoms with E-state index in [1.165, 1.54) is 7.11 Å². The summed E-state index contributed by atoms with van der Waals surface area (Å²) < 4.78 is 4.38. The van der Waals surface area contributed by atoms with Crippen LogP contribution in [0.4, 0.5) is 0 Å². The Hall–Kier alpha value is -2.08. The Morgan fingerprint density at radius 2 is 2.13 bits per heavy atom. The van der Waals surface area contributed by atoms with Crippen LogP contribution in [0.15, 0.2) is 18.2 Å². The van der Waals surface area contributed by atoms with Crippen LogP contribution < -0.4 is 0 Å². The van der Waals surface area contributed by atoms with Crippen molar-refractivity contribution in [1.29, 1.82) is 0 Å². The number of rotatable bonds is 1. The van der Waals surface area contributed by atoms with E-state index in [2.05, 4.69) is 16.6 Å². The van der Waals surface area contributed by atoms with Crippen LogP contribution >= 0.6 is 0 Å². The zero-order valence-electron chi connectivity index (χ0n) is 8.53. The summed E-state index contributed by atoms with van der Waals surface area (Å²) in [5.41, 5.74) is 2.10. The predicted molar refractivity (Wildman–Crippen MR) is 55.5 cm³/mol. The zero-order chi connectivity index (χ0) is 11.3. The molecule has 0 aliphatic carbocycles. The van der Waals surface area contributed by atoms with Gasteiger partial charge in [0, 0.05) is 17.0 Å². The molecule has 1 rings (SSSR count). The van der Waals surface area contributed by atoms with Crippen LogP contribution in [0.3, 0.4) is 0 Å². The van der Waals surface area contributed by atoms with E-state index < -0.39 is 5.97 Å². The Bertz CT molecular complexity index is 450. The van der Waals surface area contributed by atoms with Crippen LogP contribution in [0.1, 0.15) is 21.5 Å². The van der Waals surface area contributed by atoms with E-state index in [0.717, 1.165) is 11.8 Å². The first-order valence-electron chi connectivity index (χ1n) is 4.32. The summed E-state index contributed by atoms with van der Waals surface area (Å²) in [6.07, 6.45) is 0.746. The van der Waals surface area contributed by atoms with Gasteiger partial charge in [-0.25, -0.2) is 4.79 Å². The number of aryl methyl sites for hydroxylation is 1. The van der Waals surface area contributed by atoms with E-state index in [1.54, 1.807) is 18.2 Å². The summed E-state index contributed by atoms with van der Waals surface area (Å²) in [6, 6.07) is 5.16. The number of ether oxygens (including phenoxy) is 1. The van der Waals surface area contributed by atoms with E-state index in [-0.39, 0.29) is 0 Å². The third-order valence-electron chi connectivity index (χ3n) is 1.73. The highest BCUT2D eigenvalue weighted by molar-refractivity contribution is 5.89. The average Bonchev–Trinajstić information content (AvgIpc) is 2.25. The molecule has 1 aromatic carbocycles. The molecule has 3 heteroatoms. The number of carbonyl (C=O) groups excluding carboxylic acids is 2. The summed E-state index contributed by atoms with van der Waals surface area (Å²) in [5.74, 6) is 4.33.